The maximum absolute atomic E-state index is 12.1. The van der Waals surface area contributed by atoms with Gasteiger partial charge in [-0.1, -0.05) is 18.2 Å². The molecule has 3 rings (SSSR count). The van der Waals surface area contributed by atoms with Gasteiger partial charge in [-0.25, -0.2) is 0 Å². The van der Waals surface area contributed by atoms with E-state index in [1.54, 1.807) is 11.9 Å². The van der Waals surface area contributed by atoms with Crippen molar-refractivity contribution in [1.29, 1.82) is 0 Å². The maximum atomic E-state index is 12.1. The maximum Gasteiger partial charge on any atom is 0.291 e. The van der Waals surface area contributed by atoms with Gasteiger partial charge in [0.1, 0.15) is 0 Å². The molecular weight excluding hydrogens is 268 g/mol. The first-order valence-electron chi connectivity index (χ1n) is 6.62. The minimum atomic E-state index is -0.226. The van der Waals surface area contributed by atoms with Crippen LogP contribution in [0.1, 0.15) is 10.6 Å². The summed E-state index contributed by atoms with van der Waals surface area (Å²) in [6.45, 7) is 1.28. The molecule has 0 aliphatic rings. The molecule has 0 atom stereocenters. The number of carbonyl (C=O) groups is 1. The Bertz CT molecular complexity index is 774. The Balaban J connectivity index is 1.68. The van der Waals surface area contributed by atoms with E-state index in [-0.39, 0.29) is 17.7 Å². The minimum absolute atomic E-state index is 0.0724. The van der Waals surface area contributed by atoms with Crippen molar-refractivity contribution < 1.29 is 4.79 Å². The molecule has 3 aromatic rings. The first-order valence-corrected chi connectivity index (χ1v) is 6.62. The van der Waals surface area contributed by atoms with Crippen molar-refractivity contribution in [1.82, 2.24) is 24.6 Å². The van der Waals surface area contributed by atoms with Gasteiger partial charge in [0.15, 0.2) is 0 Å². The number of nitrogens with zero attached hydrogens (tertiary/aromatic N) is 4. The van der Waals surface area contributed by atoms with E-state index in [1.165, 1.54) is 5.39 Å². The summed E-state index contributed by atoms with van der Waals surface area (Å²) < 4.78 is 2.12. The molecule has 108 valence electrons. The second kappa shape index (κ2) is 5.28. The van der Waals surface area contributed by atoms with Crippen LogP contribution in [-0.2, 0) is 6.54 Å². The number of carbonyl (C=O) groups excluding carboxylic acids is 1. The number of aromatic nitrogens is 4. The molecule has 0 saturated heterocycles. The normalized spacial score (nSPS) is 10.9. The molecule has 7 nitrogen and oxygen atoms in total. The highest BCUT2D eigenvalue weighted by molar-refractivity contribution is 5.90. The molecular formula is C14H16N6O. The standard InChI is InChI=1S/C14H16N6O/c1-19(13(21)12-16-14(15)18-17-12)8-9-20-7-6-10-4-2-3-5-11(10)20/h2-7H,8-9H2,1H3,(H3,15,16,17,18). The number of rotatable bonds is 4. The zero-order valence-corrected chi connectivity index (χ0v) is 11.7. The number of amides is 1. The van der Waals surface area contributed by atoms with Gasteiger partial charge >= 0.3 is 0 Å². The molecule has 0 saturated carbocycles. The Morgan fingerprint density at radius 1 is 1.38 bits per heavy atom. The average molecular weight is 284 g/mol. The fourth-order valence-corrected chi connectivity index (χ4v) is 2.25. The molecule has 1 amide bonds. The number of hydrogen-bond acceptors (Lipinski definition) is 4. The summed E-state index contributed by atoms with van der Waals surface area (Å²) in [5.41, 5.74) is 6.56. The molecule has 0 aliphatic carbocycles. The van der Waals surface area contributed by atoms with Crippen LogP contribution >= 0.6 is 0 Å². The van der Waals surface area contributed by atoms with Gasteiger partial charge in [0.2, 0.25) is 11.8 Å². The number of fused-ring (bicyclic) bond motifs is 1. The quantitative estimate of drug-likeness (QED) is 0.750. The van der Waals surface area contributed by atoms with Crippen molar-refractivity contribution in [2.75, 3.05) is 19.3 Å². The van der Waals surface area contributed by atoms with E-state index in [9.17, 15) is 4.79 Å². The van der Waals surface area contributed by atoms with Gasteiger partial charge in [-0.3, -0.25) is 9.89 Å². The van der Waals surface area contributed by atoms with E-state index >= 15 is 0 Å². The smallest absolute Gasteiger partial charge is 0.291 e. The fourth-order valence-electron chi connectivity index (χ4n) is 2.25. The van der Waals surface area contributed by atoms with Crippen molar-refractivity contribution in [2.24, 2.45) is 0 Å². The largest absolute Gasteiger partial charge is 0.366 e. The number of anilines is 1. The number of hydrogen-bond donors (Lipinski definition) is 2. The van der Waals surface area contributed by atoms with Gasteiger partial charge < -0.3 is 15.2 Å². The lowest BCUT2D eigenvalue weighted by Gasteiger charge is -2.16. The molecule has 3 N–H and O–H groups in total. The van der Waals surface area contributed by atoms with Gasteiger partial charge in [-0.05, 0) is 17.5 Å². The van der Waals surface area contributed by atoms with Crippen molar-refractivity contribution >= 4 is 22.8 Å². The topological polar surface area (TPSA) is 92.8 Å². The van der Waals surface area contributed by atoms with E-state index in [1.807, 2.05) is 18.3 Å². The van der Waals surface area contributed by atoms with Crippen LogP contribution in [0.2, 0.25) is 0 Å². The molecule has 0 bridgehead atoms. The number of nitrogen functional groups attached to an aromatic ring is 1. The van der Waals surface area contributed by atoms with E-state index < -0.39 is 0 Å². The van der Waals surface area contributed by atoms with Gasteiger partial charge in [0.25, 0.3) is 5.91 Å². The molecule has 0 aliphatic heterocycles. The molecule has 2 heterocycles. The SMILES string of the molecule is CN(CCn1ccc2ccccc21)C(=O)c1nc(N)n[nH]1. The van der Waals surface area contributed by atoms with Crippen LogP contribution in [0.4, 0.5) is 5.95 Å². The molecule has 7 heteroatoms. The molecule has 0 fully saturated rings. The van der Waals surface area contributed by atoms with E-state index in [4.69, 9.17) is 5.73 Å². The number of benzene rings is 1. The van der Waals surface area contributed by atoms with Crippen molar-refractivity contribution in [3.8, 4) is 0 Å². The van der Waals surface area contributed by atoms with E-state index in [0.717, 1.165) is 5.52 Å². The van der Waals surface area contributed by atoms with E-state index in [0.29, 0.717) is 13.1 Å². The number of nitrogens with one attached hydrogen (secondary N) is 1. The number of H-pyrrole nitrogens is 1. The molecule has 0 unspecified atom stereocenters. The van der Waals surface area contributed by atoms with Gasteiger partial charge in [-0.2, -0.15) is 4.98 Å². The number of nitrogens with two attached hydrogens (primary N) is 1. The predicted octanol–water partition coefficient (Wildman–Crippen LogP) is 1.11. The molecule has 0 spiro atoms. The summed E-state index contributed by atoms with van der Waals surface area (Å²) in [6, 6.07) is 10.2. The Kier molecular flexibility index (Phi) is 3.31. The van der Waals surface area contributed by atoms with Crippen molar-refractivity contribution in [3.05, 3.63) is 42.4 Å². The molecule has 1 aromatic carbocycles. The fraction of sp³-hybridized carbons (Fsp3) is 0.214. The Morgan fingerprint density at radius 3 is 2.95 bits per heavy atom. The molecule has 21 heavy (non-hydrogen) atoms. The zero-order chi connectivity index (χ0) is 14.8. The summed E-state index contributed by atoms with van der Waals surface area (Å²) in [4.78, 5) is 17.5. The van der Waals surface area contributed by atoms with Crippen LogP contribution in [0.3, 0.4) is 0 Å². The van der Waals surface area contributed by atoms with Crippen LogP contribution in [0, 0.1) is 0 Å². The Labute approximate surface area is 121 Å². The Hall–Kier alpha value is -2.83. The first-order chi connectivity index (χ1) is 10.1. The zero-order valence-electron chi connectivity index (χ0n) is 11.7. The summed E-state index contributed by atoms with van der Waals surface area (Å²) in [5, 5.41) is 7.37. The number of likely N-dealkylation sites (N-methyl/N-ethyl adjacent to an activating group) is 1. The second-order valence-corrected chi connectivity index (χ2v) is 4.84. The lowest BCUT2D eigenvalue weighted by Crippen LogP contribution is -2.30. The summed E-state index contributed by atoms with van der Waals surface area (Å²) in [7, 11) is 1.73. The van der Waals surface area contributed by atoms with Crippen LogP contribution < -0.4 is 5.73 Å². The number of aromatic amines is 1. The van der Waals surface area contributed by atoms with Gasteiger partial charge in [0, 0.05) is 31.9 Å². The summed E-state index contributed by atoms with van der Waals surface area (Å²) in [6.07, 6.45) is 2.02. The predicted molar refractivity (Wildman–Crippen MR) is 79.7 cm³/mol. The summed E-state index contributed by atoms with van der Waals surface area (Å²) >= 11 is 0. The van der Waals surface area contributed by atoms with E-state index in [2.05, 4.69) is 37.9 Å². The first kappa shape index (κ1) is 13.2. The third kappa shape index (κ3) is 2.58. The second-order valence-electron chi connectivity index (χ2n) is 4.84. The average Bonchev–Trinajstić information content (AvgIpc) is 3.10. The van der Waals surface area contributed by atoms with Gasteiger partial charge in [0.05, 0.1) is 0 Å². The molecule has 0 radical (unpaired) electrons. The highest BCUT2D eigenvalue weighted by Gasteiger charge is 2.15. The monoisotopic (exact) mass is 284 g/mol. The van der Waals surface area contributed by atoms with Crippen LogP contribution in [0.25, 0.3) is 10.9 Å². The lowest BCUT2D eigenvalue weighted by molar-refractivity contribution is 0.0779. The van der Waals surface area contributed by atoms with Crippen LogP contribution in [0.5, 0.6) is 0 Å². The molecule has 2 aromatic heterocycles. The van der Waals surface area contributed by atoms with Crippen LogP contribution in [-0.4, -0.2) is 44.1 Å². The number of para-hydroxylation sites is 1. The highest BCUT2D eigenvalue weighted by atomic mass is 16.2. The van der Waals surface area contributed by atoms with Crippen molar-refractivity contribution in [2.45, 2.75) is 6.54 Å². The third-order valence-corrected chi connectivity index (χ3v) is 3.41. The van der Waals surface area contributed by atoms with Crippen molar-refractivity contribution in [3.63, 3.8) is 0 Å². The minimum Gasteiger partial charge on any atom is -0.366 e. The summed E-state index contributed by atoms with van der Waals surface area (Å²) in [5.74, 6) is 0.00572. The third-order valence-electron chi connectivity index (χ3n) is 3.41. The highest BCUT2D eigenvalue weighted by Crippen LogP contribution is 2.14. The Morgan fingerprint density at radius 2 is 2.19 bits per heavy atom. The lowest BCUT2D eigenvalue weighted by atomic mass is 10.2. The van der Waals surface area contributed by atoms with Crippen LogP contribution in [0.15, 0.2) is 36.5 Å². The van der Waals surface area contributed by atoms with Gasteiger partial charge in [-0.15, -0.1) is 5.10 Å².